The molecule has 156 valence electrons. The largest absolute Gasteiger partial charge is 0.343 e. The van der Waals surface area contributed by atoms with Gasteiger partial charge < -0.3 is 9.80 Å². The third kappa shape index (κ3) is 3.14. The van der Waals surface area contributed by atoms with Gasteiger partial charge in [-0.2, -0.15) is 0 Å². The highest BCUT2D eigenvalue weighted by atomic mass is 35.5. The molecule has 0 bridgehead atoms. The first-order valence-corrected chi connectivity index (χ1v) is 10.6. The molecule has 8 heteroatoms. The Morgan fingerprint density at radius 2 is 1.77 bits per heavy atom. The summed E-state index contributed by atoms with van der Waals surface area (Å²) in [5, 5.41) is 4.22. The summed E-state index contributed by atoms with van der Waals surface area (Å²) in [4.78, 5) is 34.0. The molecule has 1 N–H and O–H groups in total. The van der Waals surface area contributed by atoms with Crippen molar-refractivity contribution in [2.24, 2.45) is 0 Å². The molecule has 2 aromatic rings. The van der Waals surface area contributed by atoms with Crippen molar-refractivity contribution in [3.63, 3.8) is 0 Å². The van der Waals surface area contributed by atoms with Gasteiger partial charge in [0.15, 0.2) is 0 Å². The van der Waals surface area contributed by atoms with E-state index < -0.39 is 6.04 Å². The van der Waals surface area contributed by atoms with E-state index >= 15 is 0 Å². The van der Waals surface area contributed by atoms with Crippen LogP contribution in [0.4, 0.5) is 10.5 Å². The minimum atomic E-state index is -0.406. The van der Waals surface area contributed by atoms with E-state index in [4.69, 9.17) is 11.6 Å². The highest BCUT2D eigenvalue weighted by Gasteiger charge is 2.56. The number of amides is 3. The monoisotopic (exact) mass is 425 g/mol. The number of anilines is 1. The number of carbonyl (C=O) groups excluding carboxylic acids is 2. The first-order chi connectivity index (χ1) is 14.5. The number of imide groups is 1. The smallest absolute Gasteiger partial charge is 0.328 e. The number of fused-ring (bicyclic) bond motifs is 3. The summed E-state index contributed by atoms with van der Waals surface area (Å²) in [6, 6.07) is 16.7. The van der Waals surface area contributed by atoms with Crippen LogP contribution in [-0.2, 0) is 11.3 Å². The fourth-order valence-corrected chi connectivity index (χ4v) is 4.85. The Balaban J connectivity index is 1.43. The number of nitrogens with zero attached hydrogens (tertiary/aromatic N) is 4. The SMILES string of the molecule is CN1C(=O)N(Cc2ccccc2)C(=O)C2C1NC1N(c3ccc(Cl)cc3)CCCN21. The Bertz CT molecular complexity index is 954. The standard InChI is InChI=1S/C22H24ClN5O2/c1-25-19-18(20(29)28(22(25)30)14-15-6-3-2-4-7-15)27-13-5-12-26(21(27)24-19)17-10-8-16(23)9-11-17/h2-4,6-11,18-19,21,24H,5,12-14H2,1H3. The minimum absolute atomic E-state index is 0.139. The predicted octanol–water partition coefficient (Wildman–Crippen LogP) is 2.53. The third-order valence-electron chi connectivity index (χ3n) is 6.21. The van der Waals surface area contributed by atoms with Crippen LogP contribution in [0.15, 0.2) is 54.6 Å². The molecule has 0 spiro atoms. The molecule has 0 saturated carbocycles. The third-order valence-corrected chi connectivity index (χ3v) is 6.46. The number of nitrogens with one attached hydrogen (secondary N) is 1. The molecule has 0 radical (unpaired) electrons. The number of urea groups is 1. The van der Waals surface area contributed by atoms with Crippen LogP contribution in [0, 0.1) is 0 Å². The molecule has 3 amide bonds. The van der Waals surface area contributed by atoms with Crippen molar-refractivity contribution in [2.75, 3.05) is 25.0 Å². The van der Waals surface area contributed by atoms with Crippen molar-refractivity contribution >= 4 is 29.2 Å². The van der Waals surface area contributed by atoms with Gasteiger partial charge in [0.05, 0.1) is 6.54 Å². The summed E-state index contributed by atoms with van der Waals surface area (Å²) < 4.78 is 0. The molecule has 30 heavy (non-hydrogen) atoms. The maximum atomic E-state index is 13.5. The van der Waals surface area contributed by atoms with E-state index in [-0.39, 0.29) is 30.9 Å². The normalized spacial score (nSPS) is 26.7. The molecule has 3 aliphatic heterocycles. The van der Waals surface area contributed by atoms with Crippen LogP contribution in [0.1, 0.15) is 12.0 Å². The van der Waals surface area contributed by atoms with Crippen LogP contribution in [0.25, 0.3) is 0 Å². The Kier molecular flexibility index (Phi) is 4.89. The van der Waals surface area contributed by atoms with E-state index in [1.54, 1.807) is 11.9 Å². The zero-order valence-electron chi connectivity index (χ0n) is 16.7. The van der Waals surface area contributed by atoms with Gasteiger partial charge in [-0.3, -0.25) is 19.9 Å². The van der Waals surface area contributed by atoms with Gasteiger partial charge >= 0.3 is 6.03 Å². The molecule has 5 rings (SSSR count). The van der Waals surface area contributed by atoms with Gasteiger partial charge in [0.1, 0.15) is 18.5 Å². The van der Waals surface area contributed by atoms with Gasteiger partial charge in [-0.1, -0.05) is 41.9 Å². The Morgan fingerprint density at radius 1 is 1.03 bits per heavy atom. The van der Waals surface area contributed by atoms with Crippen molar-refractivity contribution in [1.82, 2.24) is 20.0 Å². The lowest BCUT2D eigenvalue weighted by molar-refractivity contribution is -0.139. The second kappa shape index (κ2) is 7.58. The quantitative estimate of drug-likeness (QED) is 0.818. The number of benzene rings is 2. The Labute approximate surface area is 180 Å². The van der Waals surface area contributed by atoms with Gasteiger partial charge in [-0.25, -0.2) is 4.79 Å². The van der Waals surface area contributed by atoms with E-state index in [0.29, 0.717) is 5.02 Å². The molecular weight excluding hydrogens is 402 g/mol. The average Bonchev–Trinajstić information content (AvgIpc) is 3.17. The van der Waals surface area contributed by atoms with Crippen molar-refractivity contribution in [3.8, 4) is 0 Å². The summed E-state index contributed by atoms with van der Waals surface area (Å²) in [6.07, 6.45) is 0.439. The average molecular weight is 426 g/mol. The Hall–Kier alpha value is -2.61. The van der Waals surface area contributed by atoms with Crippen molar-refractivity contribution in [1.29, 1.82) is 0 Å². The van der Waals surface area contributed by atoms with Crippen molar-refractivity contribution in [2.45, 2.75) is 31.5 Å². The number of hydrogen-bond donors (Lipinski definition) is 1. The highest BCUT2D eigenvalue weighted by molar-refractivity contribution is 6.30. The van der Waals surface area contributed by atoms with E-state index in [1.165, 1.54) is 4.90 Å². The van der Waals surface area contributed by atoms with Crippen LogP contribution >= 0.6 is 11.6 Å². The second-order valence-electron chi connectivity index (χ2n) is 7.99. The predicted molar refractivity (Wildman–Crippen MR) is 115 cm³/mol. The lowest BCUT2D eigenvalue weighted by Crippen LogP contribution is -2.66. The summed E-state index contributed by atoms with van der Waals surface area (Å²) in [5.74, 6) is -0.139. The first-order valence-electron chi connectivity index (χ1n) is 10.2. The van der Waals surface area contributed by atoms with Crippen molar-refractivity contribution in [3.05, 3.63) is 65.2 Å². The Morgan fingerprint density at radius 3 is 2.50 bits per heavy atom. The summed E-state index contributed by atoms with van der Waals surface area (Å²) in [5.41, 5.74) is 1.98. The van der Waals surface area contributed by atoms with Gasteiger partial charge in [-0.05, 0) is 36.2 Å². The molecule has 0 aromatic heterocycles. The van der Waals surface area contributed by atoms with Crippen LogP contribution in [0.3, 0.4) is 0 Å². The summed E-state index contributed by atoms with van der Waals surface area (Å²) in [6.45, 7) is 1.95. The van der Waals surface area contributed by atoms with Gasteiger partial charge in [0, 0.05) is 30.8 Å². The van der Waals surface area contributed by atoms with Crippen LogP contribution in [0.2, 0.25) is 5.02 Å². The number of hydrogen-bond acceptors (Lipinski definition) is 5. The number of rotatable bonds is 3. The van der Waals surface area contributed by atoms with Crippen LogP contribution < -0.4 is 10.2 Å². The number of likely N-dealkylation sites (N-methyl/N-ethyl adjacent to an activating group) is 1. The summed E-state index contributed by atoms with van der Waals surface area (Å²) >= 11 is 6.06. The fraction of sp³-hybridized carbons (Fsp3) is 0.364. The minimum Gasteiger partial charge on any atom is -0.343 e. The number of halogens is 1. The van der Waals surface area contributed by atoms with Gasteiger partial charge in [0.25, 0.3) is 5.91 Å². The van der Waals surface area contributed by atoms with E-state index in [1.807, 2.05) is 54.6 Å². The molecule has 7 nitrogen and oxygen atoms in total. The van der Waals surface area contributed by atoms with Crippen molar-refractivity contribution < 1.29 is 9.59 Å². The summed E-state index contributed by atoms with van der Waals surface area (Å²) in [7, 11) is 1.77. The molecule has 3 unspecified atom stereocenters. The first kappa shape index (κ1) is 19.4. The molecule has 0 aliphatic carbocycles. The molecule has 3 saturated heterocycles. The zero-order chi connectivity index (χ0) is 20.8. The van der Waals surface area contributed by atoms with E-state index in [0.717, 1.165) is 30.8 Å². The molecule has 3 fully saturated rings. The van der Waals surface area contributed by atoms with Crippen LogP contribution in [-0.4, -0.2) is 65.3 Å². The zero-order valence-corrected chi connectivity index (χ0v) is 17.5. The topological polar surface area (TPSA) is 59.1 Å². The van der Waals surface area contributed by atoms with E-state index in [9.17, 15) is 9.59 Å². The maximum absolute atomic E-state index is 13.5. The lowest BCUT2D eigenvalue weighted by atomic mass is 10.1. The van der Waals surface area contributed by atoms with E-state index in [2.05, 4.69) is 15.1 Å². The molecular formula is C22H24ClN5O2. The maximum Gasteiger partial charge on any atom is 0.328 e. The van der Waals surface area contributed by atoms with Gasteiger partial charge in [-0.15, -0.1) is 0 Å². The number of carbonyl (C=O) groups is 2. The van der Waals surface area contributed by atoms with Crippen LogP contribution in [0.5, 0.6) is 0 Å². The molecule has 3 heterocycles. The molecule has 3 aliphatic rings. The second-order valence-corrected chi connectivity index (χ2v) is 8.43. The lowest BCUT2D eigenvalue weighted by Gasteiger charge is -2.43. The fourth-order valence-electron chi connectivity index (χ4n) is 4.73. The van der Waals surface area contributed by atoms with Gasteiger partial charge in [0.2, 0.25) is 0 Å². The highest BCUT2D eigenvalue weighted by Crippen LogP contribution is 2.33. The molecule has 3 atom stereocenters. The molecule has 2 aromatic carbocycles.